The molecule has 0 spiro atoms. The first-order chi connectivity index (χ1) is 6.36. The number of hydrogen-bond donors (Lipinski definition) is 1. The van der Waals surface area contributed by atoms with Crippen LogP contribution in [-0.4, -0.2) is 11.8 Å². The van der Waals surface area contributed by atoms with Gasteiger partial charge in [0.25, 0.3) is 0 Å². The summed E-state index contributed by atoms with van der Waals surface area (Å²) in [4.78, 5) is 13.4. The van der Waals surface area contributed by atoms with E-state index in [1.165, 1.54) is 6.08 Å². The van der Waals surface area contributed by atoms with Crippen molar-refractivity contribution in [3.8, 4) is 0 Å². The molecule has 66 valence electrons. The lowest BCUT2D eigenvalue weighted by Crippen LogP contribution is -1.70. The van der Waals surface area contributed by atoms with Gasteiger partial charge in [-0.2, -0.15) is 17.6 Å². The van der Waals surface area contributed by atoms with Crippen molar-refractivity contribution in [1.82, 2.24) is 0 Å². The maximum atomic E-state index is 9.92. The Hall–Kier alpha value is -1.31. The van der Waals surface area contributed by atoms with E-state index in [0.717, 1.165) is 5.56 Å². The largest absolute Gasteiger partial charge is 0.240 e. The highest BCUT2D eigenvalue weighted by atomic mass is 32.1. The number of benzene rings is 1. The van der Waals surface area contributed by atoms with Gasteiger partial charge in [-0.25, -0.2) is 4.79 Å². The third kappa shape index (κ3) is 3.28. The maximum Gasteiger partial charge on any atom is 0.240 e. The molecule has 0 bridgehead atoms. The molecule has 0 amide bonds. The van der Waals surface area contributed by atoms with Crippen LogP contribution in [0.3, 0.4) is 0 Å². The molecular formula is C10H9NOS. The van der Waals surface area contributed by atoms with Crippen molar-refractivity contribution in [2.75, 3.05) is 5.75 Å². The van der Waals surface area contributed by atoms with Crippen molar-refractivity contribution in [3.05, 3.63) is 35.9 Å². The molecule has 0 fully saturated rings. The molecule has 13 heavy (non-hydrogen) atoms. The fraction of sp³-hybridized carbons (Fsp3) is 0.100. The molecule has 0 aromatic heterocycles. The van der Waals surface area contributed by atoms with Crippen LogP contribution < -0.4 is 0 Å². The number of nitrogens with zero attached hydrogens (tertiary/aromatic N) is 1. The van der Waals surface area contributed by atoms with Gasteiger partial charge in [0.05, 0.1) is 5.69 Å². The molecule has 0 aliphatic carbocycles. The smallest absolute Gasteiger partial charge is 0.211 e. The quantitative estimate of drug-likeness (QED) is 0.444. The molecule has 1 aromatic carbocycles. The highest BCUT2D eigenvalue weighted by Crippen LogP contribution is 2.12. The second-order valence-corrected chi connectivity index (χ2v) is 2.74. The fourth-order valence-corrected chi connectivity index (χ4v) is 1.01. The first kappa shape index (κ1) is 9.78. The van der Waals surface area contributed by atoms with Gasteiger partial charge in [-0.1, -0.05) is 24.3 Å². The lowest BCUT2D eigenvalue weighted by atomic mass is 10.2. The van der Waals surface area contributed by atoms with Gasteiger partial charge in [-0.15, -0.1) is 0 Å². The normalized spacial score (nSPS) is 9.92. The Morgan fingerprint density at radius 3 is 2.62 bits per heavy atom. The Morgan fingerprint density at radius 1 is 1.38 bits per heavy atom. The van der Waals surface area contributed by atoms with Crippen LogP contribution in [0.4, 0.5) is 5.69 Å². The third-order valence-electron chi connectivity index (χ3n) is 1.48. The van der Waals surface area contributed by atoms with Crippen molar-refractivity contribution in [2.45, 2.75) is 0 Å². The van der Waals surface area contributed by atoms with Gasteiger partial charge in [0, 0.05) is 5.75 Å². The van der Waals surface area contributed by atoms with Crippen molar-refractivity contribution in [2.24, 2.45) is 4.99 Å². The second-order valence-electron chi connectivity index (χ2n) is 2.38. The van der Waals surface area contributed by atoms with Crippen molar-refractivity contribution < 1.29 is 4.79 Å². The molecule has 0 heterocycles. The number of aliphatic imine (C=N–C) groups is 1. The zero-order valence-corrected chi connectivity index (χ0v) is 7.87. The summed E-state index contributed by atoms with van der Waals surface area (Å²) >= 11 is 4.05. The highest BCUT2D eigenvalue weighted by Gasteiger charge is 1.88. The van der Waals surface area contributed by atoms with Crippen LogP contribution in [0.2, 0.25) is 0 Å². The Bertz CT molecular complexity index is 336. The average molecular weight is 191 g/mol. The topological polar surface area (TPSA) is 29.4 Å². The van der Waals surface area contributed by atoms with Crippen molar-refractivity contribution in [3.63, 3.8) is 0 Å². The van der Waals surface area contributed by atoms with E-state index < -0.39 is 0 Å². The predicted molar refractivity (Wildman–Crippen MR) is 57.1 cm³/mol. The van der Waals surface area contributed by atoms with E-state index in [4.69, 9.17) is 0 Å². The van der Waals surface area contributed by atoms with Crippen LogP contribution in [0, 0.1) is 0 Å². The molecule has 0 aliphatic rings. The molecule has 0 saturated carbocycles. The van der Waals surface area contributed by atoms with Crippen LogP contribution in [-0.2, 0) is 4.79 Å². The van der Waals surface area contributed by atoms with Gasteiger partial charge in [-0.05, 0) is 17.7 Å². The van der Waals surface area contributed by atoms with E-state index in [9.17, 15) is 4.79 Å². The number of thiol groups is 1. The number of rotatable bonds is 3. The molecular weight excluding hydrogens is 182 g/mol. The average Bonchev–Trinajstić information content (AvgIpc) is 2.17. The van der Waals surface area contributed by atoms with Gasteiger partial charge in [0.2, 0.25) is 6.08 Å². The summed E-state index contributed by atoms with van der Waals surface area (Å²) < 4.78 is 0. The summed E-state index contributed by atoms with van der Waals surface area (Å²) in [6.07, 6.45) is 5.40. The number of carbonyl (C=O) groups excluding carboxylic acids is 1. The number of hydrogen-bond acceptors (Lipinski definition) is 3. The van der Waals surface area contributed by atoms with Gasteiger partial charge < -0.3 is 0 Å². The SMILES string of the molecule is O=C=Nc1ccc(C=CCS)cc1. The number of isocyanates is 1. The molecule has 0 N–H and O–H groups in total. The Labute approximate surface area is 82.4 Å². The highest BCUT2D eigenvalue weighted by molar-refractivity contribution is 7.80. The Kier molecular flexibility index (Phi) is 4.03. The van der Waals surface area contributed by atoms with E-state index >= 15 is 0 Å². The van der Waals surface area contributed by atoms with Gasteiger partial charge in [0.1, 0.15) is 0 Å². The van der Waals surface area contributed by atoms with Crippen molar-refractivity contribution >= 4 is 30.5 Å². The van der Waals surface area contributed by atoms with E-state index in [-0.39, 0.29) is 0 Å². The standard InChI is InChI=1S/C10H9NOS/c12-8-11-10-5-3-9(4-6-10)2-1-7-13/h1-6,13H,7H2. The molecule has 1 aromatic rings. The summed E-state index contributed by atoms with van der Waals surface area (Å²) in [5, 5.41) is 0. The molecule has 1 rings (SSSR count). The fourth-order valence-electron chi connectivity index (χ4n) is 0.901. The van der Waals surface area contributed by atoms with Crippen LogP contribution in [0.25, 0.3) is 6.08 Å². The third-order valence-corrected chi connectivity index (χ3v) is 1.69. The Balaban J connectivity index is 2.80. The zero-order chi connectivity index (χ0) is 9.52. The van der Waals surface area contributed by atoms with Gasteiger partial charge >= 0.3 is 0 Å². The van der Waals surface area contributed by atoms with E-state index in [0.29, 0.717) is 11.4 Å². The van der Waals surface area contributed by atoms with Crippen LogP contribution >= 0.6 is 12.6 Å². The van der Waals surface area contributed by atoms with Gasteiger partial charge in [0.15, 0.2) is 0 Å². The lowest BCUT2D eigenvalue weighted by Gasteiger charge is -1.92. The van der Waals surface area contributed by atoms with Crippen molar-refractivity contribution in [1.29, 1.82) is 0 Å². The predicted octanol–water partition coefficient (Wildman–Crippen LogP) is 2.60. The van der Waals surface area contributed by atoms with Crippen LogP contribution in [0.1, 0.15) is 5.56 Å². The summed E-state index contributed by atoms with van der Waals surface area (Å²) in [5.74, 6) is 0.717. The minimum absolute atomic E-state index is 0.623. The summed E-state index contributed by atoms with van der Waals surface area (Å²) in [7, 11) is 0. The summed E-state index contributed by atoms with van der Waals surface area (Å²) in [6, 6.07) is 7.30. The van der Waals surface area contributed by atoms with Crippen LogP contribution in [0.5, 0.6) is 0 Å². The first-order valence-electron chi connectivity index (χ1n) is 3.82. The van der Waals surface area contributed by atoms with E-state index in [1.54, 1.807) is 12.1 Å². The minimum Gasteiger partial charge on any atom is -0.211 e. The molecule has 0 unspecified atom stereocenters. The molecule has 0 atom stereocenters. The minimum atomic E-state index is 0.623. The molecule has 0 radical (unpaired) electrons. The van der Waals surface area contributed by atoms with Gasteiger partial charge in [-0.3, -0.25) is 0 Å². The zero-order valence-electron chi connectivity index (χ0n) is 6.97. The first-order valence-corrected chi connectivity index (χ1v) is 4.45. The molecule has 0 aliphatic heterocycles. The van der Waals surface area contributed by atoms with Crippen LogP contribution in [0.15, 0.2) is 35.3 Å². The van der Waals surface area contributed by atoms with E-state index in [2.05, 4.69) is 17.6 Å². The molecule has 3 heteroatoms. The molecule has 0 saturated heterocycles. The summed E-state index contributed by atoms with van der Waals surface area (Å²) in [6.45, 7) is 0. The van der Waals surface area contributed by atoms with E-state index in [1.807, 2.05) is 24.3 Å². The second kappa shape index (κ2) is 5.36. The molecule has 2 nitrogen and oxygen atoms in total. The Morgan fingerprint density at radius 2 is 2.08 bits per heavy atom. The lowest BCUT2D eigenvalue weighted by molar-refractivity contribution is 0.565. The summed E-state index contributed by atoms with van der Waals surface area (Å²) in [5.41, 5.74) is 1.69. The monoisotopic (exact) mass is 191 g/mol. The maximum absolute atomic E-state index is 9.92.